The van der Waals surface area contributed by atoms with Crippen molar-refractivity contribution >= 4 is 11.7 Å². The van der Waals surface area contributed by atoms with Crippen LogP contribution in [0.4, 0.5) is 0 Å². The van der Waals surface area contributed by atoms with Crippen molar-refractivity contribution in [1.29, 1.82) is 0 Å². The van der Waals surface area contributed by atoms with E-state index in [1.807, 2.05) is 0 Å². The summed E-state index contributed by atoms with van der Waals surface area (Å²) in [5, 5.41) is 9.42. The van der Waals surface area contributed by atoms with Crippen LogP contribution in [-0.2, 0) is 9.53 Å². The molecule has 0 aliphatic rings. The molecule has 0 aromatic rings. The second-order valence-corrected chi connectivity index (χ2v) is 2.48. The summed E-state index contributed by atoms with van der Waals surface area (Å²) in [7, 11) is 2.83. The zero-order valence-electron chi connectivity index (χ0n) is 8.42. The molecule has 0 aliphatic heterocycles. The number of ether oxygens (including phenoxy) is 1. The molecular weight excluding hydrogens is 170 g/mol. The van der Waals surface area contributed by atoms with E-state index in [0.717, 1.165) is 0 Å². The third-order valence-corrected chi connectivity index (χ3v) is 1.71. The number of methoxy groups -OCH3 is 1. The molecule has 0 saturated carbocycles. The number of esters is 1. The maximum atomic E-state index is 11.2. The molecule has 0 unspecified atom stereocenters. The lowest BCUT2D eigenvalue weighted by Gasteiger charge is -2.06. The summed E-state index contributed by atoms with van der Waals surface area (Å²) in [6, 6.07) is 0. The Morgan fingerprint density at radius 2 is 2.08 bits per heavy atom. The van der Waals surface area contributed by atoms with Gasteiger partial charge in [0.2, 0.25) is 0 Å². The van der Waals surface area contributed by atoms with E-state index in [1.54, 1.807) is 20.9 Å². The van der Waals surface area contributed by atoms with E-state index in [9.17, 15) is 9.90 Å². The van der Waals surface area contributed by atoms with Gasteiger partial charge >= 0.3 is 5.97 Å². The quantitative estimate of drug-likeness (QED) is 0.313. The summed E-state index contributed by atoms with van der Waals surface area (Å²) in [6.45, 7) is 3.40. The van der Waals surface area contributed by atoms with E-state index in [2.05, 4.69) is 9.73 Å². The highest BCUT2D eigenvalue weighted by Gasteiger charge is 2.17. The van der Waals surface area contributed by atoms with Crippen molar-refractivity contribution in [2.45, 2.75) is 20.3 Å². The van der Waals surface area contributed by atoms with Crippen molar-refractivity contribution in [3.05, 3.63) is 11.3 Å². The van der Waals surface area contributed by atoms with E-state index in [-0.39, 0.29) is 11.3 Å². The highest BCUT2D eigenvalue weighted by atomic mass is 16.5. The number of rotatable bonds is 3. The lowest BCUT2D eigenvalue weighted by Crippen LogP contribution is -2.14. The van der Waals surface area contributed by atoms with E-state index < -0.39 is 5.97 Å². The topological polar surface area (TPSA) is 58.9 Å². The lowest BCUT2D eigenvalue weighted by molar-refractivity contribution is -0.135. The van der Waals surface area contributed by atoms with Crippen LogP contribution < -0.4 is 0 Å². The predicted octanol–water partition coefficient (Wildman–Crippen LogP) is 1.47. The Bertz CT molecular complexity index is 254. The number of nitrogens with zero attached hydrogens (tertiary/aromatic N) is 1. The first-order valence-corrected chi connectivity index (χ1v) is 4.02. The fourth-order valence-electron chi connectivity index (χ4n) is 0.865. The minimum atomic E-state index is -0.553. The Morgan fingerprint density at radius 3 is 2.38 bits per heavy atom. The molecule has 74 valence electrons. The van der Waals surface area contributed by atoms with Gasteiger partial charge in [0.25, 0.3) is 0 Å². The molecule has 0 aromatic heterocycles. The Morgan fingerprint density at radius 1 is 1.54 bits per heavy atom. The van der Waals surface area contributed by atoms with E-state index in [4.69, 9.17) is 0 Å². The van der Waals surface area contributed by atoms with Gasteiger partial charge in [-0.05, 0) is 6.92 Å². The molecule has 0 bridgehead atoms. The van der Waals surface area contributed by atoms with Gasteiger partial charge in [0, 0.05) is 19.2 Å². The molecule has 0 heterocycles. The summed E-state index contributed by atoms with van der Waals surface area (Å²) in [5.74, 6) is -0.544. The number of hydrogen-bond acceptors (Lipinski definition) is 4. The summed E-state index contributed by atoms with van der Waals surface area (Å²) < 4.78 is 4.52. The van der Waals surface area contributed by atoms with Gasteiger partial charge in [0.15, 0.2) is 0 Å². The van der Waals surface area contributed by atoms with Crippen molar-refractivity contribution < 1.29 is 14.6 Å². The van der Waals surface area contributed by atoms with Gasteiger partial charge in [-0.3, -0.25) is 4.99 Å². The van der Waals surface area contributed by atoms with Crippen LogP contribution in [0.1, 0.15) is 20.3 Å². The molecule has 0 spiro atoms. The highest BCUT2D eigenvalue weighted by molar-refractivity contribution is 6.19. The minimum absolute atomic E-state index is 0.00921. The Kier molecular flexibility index (Phi) is 4.80. The Balaban J connectivity index is 5.10. The van der Waals surface area contributed by atoms with Crippen molar-refractivity contribution in [3.8, 4) is 0 Å². The zero-order valence-corrected chi connectivity index (χ0v) is 8.42. The number of hydrogen-bond donors (Lipinski definition) is 1. The average Bonchev–Trinajstić information content (AvgIpc) is 2.16. The predicted molar refractivity (Wildman–Crippen MR) is 51.0 cm³/mol. The van der Waals surface area contributed by atoms with Crippen LogP contribution >= 0.6 is 0 Å². The van der Waals surface area contributed by atoms with Gasteiger partial charge in [0.05, 0.1) is 7.11 Å². The van der Waals surface area contributed by atoms with Crippen molar-refractivity contribution in [1.82, 2.24) is 0 Å². The maximum Gasteiger partial charge on any atom is 0.343 e. The first-order chi connectivity index (χ1) is 6.08. The smallest absolute Gasteiger partial charge is 0.343 e. The molecule has 1 N–H and O–H groups in total. The van der Waals surface area contributed by atoms with Crippen LogP contribution in [-0.4, -0.2) is 30.9 Å². The number of aliphatic imine (C=N–C) groups is 1. The molecule has 0 aromatic carbocycles. The van der Waals surface area contributed by atoms with Gasteiger partial charge in [-0.2, -0.15) is 0 Å². The lowest BCUT2D eigenvalue weighted by atomic mass is 10.1. The van der Waals surface area contributed by atoms with Crippen LogP contribution in [0, 0.1) is 0 Å². The molecule has 0 fully saturated rings. The van der Waals surface area contributed by atoms with Crippen LogP contribution in [0.15, 0.2) is 16.3 Å². The van der Waals surface area contributed by atoms with E-state index in [1.165, 1.54) is 7.11 Å². The third-order valence-electron chi connectivity index (χ3n) is 1.71. The molecule has 13 heavy (non-hydrogen) atoms. The van der Waals surface area contributed by atoms with Crippen molar-refractivity contribution in [3.63, 3.8) is 0 Å². The number of aliphatic hydroxyl groups is 1. The second-order valence-electron chi connectivity index (χ2n) is 2.48. The summed E-state index contributed by atoms with van der Waals surface area (Å²) in [4.78, 5) is 15.0. The minimum Gasteiger partial charge on any atom is -0.511 e. The van der Waals surface area contributed by atoms with Gasteiger partial charge in [-0.25, -0.2) is 4.79 Å². The van der Waals surface area contributed by atoms with Crippen LogP contribution in [0.25, 0.3) is 0 Å². The first-order valence-electron chi connectivity index (χ1n) is 4.02. The summed E-state index contributed by atoms with van der Waals surface area (Å²) >= 11 is 0. The molecular formula is C9H15NO3. The largest absolute Gasteiger partial charge is 0.511 e. The number of carbonyl (C=O) groups is 1. The number of allylic oxidation sites excluding steroid dienone is 1. The van der Waals surface area contributed by atoms with Gasteiger partial charge in [0.1, 0.15) is 11.3 Å². The van der Waals surface area contributed by atoms with Crippen molar-refractivity contribution in [2.75, 3.05) is 14.2 Å². The van der Waals surface area contributed by atoms with Crippen LogP contribution in [0.5, 0.6) is 0 Å². The SMILES string of the molecule is CC/C(O)=C(/C(=O)OC)C(C)=NC. The standard InChI is InChI=1S/C9H15NO3/c1-5-7(11)8(6(2)10-3)9(12)13-4/h11H,5H2,1-4H3/b8-7-,10-6?. The molecule has 4 heteroatoms. The Hall–Kier alpha value is -1.32. The van der Waals surface area contributed by atoms with E-state index >= 15 is 0 Å². The van der Waals surface area contributed by atoms with Gasteiger partial charge in [-0.15, -0.1) is 0 Å². The van der Waals surface area contributed by atoms with E-state index in [0.29, 0.717) is 12.1 Å². The molecule has 0 atom stereocenters. The maximum absolute atomic E-state index is 11.2. The zero-order chi connectivity index (χ0) is 10.4. The first kappa shape index (κ1) is 11.7. The molecule has 0 rings (SSSR count). The summed E-state index contributed by atoms with van der Waals surface area (Å²) in [5.41, 5.74) is 0.638. The molecule has 0 radical (unpaired) electrons. The molecule has 0 amide bonds. The van der Waals surface area contributed by atoms with Crippen molar-refractivity contribution in [2.24, 2.45) is 4.99 Å². The number of carbonyl (C=O) groups excluding carboxylic acids is 1. The van der Waals surface area contributed by atoms with Gasteiger partial charge in [-0.1, -0.05) is 6.92 Å². The van der Waals surface area contributed by atoms with Crippen LogP contribution in [0.2, 0.25) is 0 Å². The summed E-state index contributed by atoms with van der Waals surface area (Å²) in [6.07, 6.45) is 0.386. The second kappa shape index (κ2) is 5.35. The Labute approximate surface area is 77.9 Å². The fraction of sp³-hybridized carbons (Fsp3) is 0.556. The monoisotopic (exact) mass is 185 g/mol. The van der Waals surface area contributed by atoms with Crippen LogP contribution in [0.3, 0.4) is 0 Å². The fourth-order valence-corrected chi connectivity index (χ4v) is 0.865. The third kappa shape index (κ3) is 2.89. The van der Waals surface area contributed by atoms with Gasteiger partial charge < -0.3 is 9.84 Å². The number of aliphatic hydroxyl groups excluding tert-OH is 1. The molecule has 0 saturated heterocycles. The normalized spacial score (nSPS) is 13.7. The molecule has 4 nitrogen and oxygen atoms in total. The highest BCUT2D eigenvalue weighted by Crippen LogP contribution is 2.09. The molecule has 0 aliphatic carbocycles. The average molecular weight is 185 g/mol.